The number of nitrogens with zero attached hydrogens (tertiary/aromatic N) is 1. The van der Waals surface area contributed by atoms with Crippen molar-refractivity contribution in [3.05, 3.63) is 27.6 Å². The van der Waals surface area contributed by atoms with Crippen LogP contribution >= 0.6 is 22.7 Å². The molecule has 0 radical (unpaired) electrons. The maximum atomic E-state index is 4.75. The fraction of sp³-hybridized carbons (Fsp3) is 0.533. The summed E-state index contributed by atoms with van der Waals surface area (Å²) in [4.78, 5) is 8.85. The normalized spacial score (nSPS) is 12.8. The highest BCUT2D eigenvalue weighted by Crippen LogP contribution is 2.35. The van der Waals surface area contributed by atoms with Crippen molar-refractivity contribution in [1.82, 2.24) is 10.3 Å². The summed E-state index contributed by atoms with van der Waals surface area (Å²) in [5, 5.41) is 4.71. The lowest BCUT2D eigenvalue weighted by Gasteiger charge is -2.11. The molecule has 0 aliphatic rings. The summed E-state index contributed by atoms with van der Waals surface area (Å²) in [6.07, 6.45) is 2.27. The van der Waals surface area contributed by atoms with Gasteiger partial charge in [-0.25, -0.2) is 4.98 Å². The second-order valence-electron chi connectivity index (χ2n) is 4.76. The Hall–Kier alpha value is -0.710. The molecule has 2 nitrogen and oxygen atoms in total. The number of nitrogens with one attached hydrogen (secondary N) is 1. The molecule has 4 heteroatoms. The van der Waals surface area contributed by atoms with E-state index < -0.39 is 0 Å². The number of hydrogen-bond acceptors (Lipinski definition) is 4. The molecule has 1 N–H and O–H groups in total. The third-order valence-corrected chi connectivity index (χ3v) is 5.89. The highest BCUT2D eigenvalue weighted by atomic mass is 32.1. The van der Waals surface area contributed by atoms with Crippen molar-refractivity contribution in [2.45, 2.75) is 46.6 Å². The average Bonchev–Trinajstić information content (AvgIpc) is 3.02. The van der Waals surface area contributed by atoms with E-state index in [1.807, 2.05) is 22.7 Å². The predicted molar refractivity (Wildman–Crippen MR) is 86.3 cm³/mol. The Morgan fingerprint density at radius 2 is 2.05 bits per heavy atom. The lowest BCUT2D eigenvalue weighted by molar-refractivity contribution is 0.575. The van der Waals surface area contributed by atoms with Crippen molar-refractivity contribution in [3.63, 3.8) is 0 Å². The molecule has 0 amide bonds. The molecule has 0 aromatic carbocycles. The predicted octanol–water partition coefficient (Wildman–Crippen LogP) is 4.80. The zero-order valence-electron chi connectivity index (χ0n) is 12.1. The SMILES string of the molecule is CCCNC(C)c1sc(-c2ccc(CC)s2)nc1C. The van der Waals surface area contributed by atoms with Gasteiger partial charge in [0.1, 0.15) is 5.01 Å². The molecule has 2 aromatic heterocycles. The minimum Gasteiger partial charge on any atom is -0.309 e. The summed E-state index contributed by atoms with van der Waals surface area (Å²) in [5.74, 6) is 0. The summed E-state index contributed by atoms with van der Waals surface area (Å²) >= 11 is 3.70. The van der Waals surface area contributed by atoms with Crippen molar-refractivity contribution < 1.29 is 0 Å². The van der Waals surface area contributed by atoms with Crippen LogP contribution in [0.25, 0.3) is 9.88 Å². The molecule has 0 saturated carbocycles. The van der Waals surface area contributed by atoms with Gasteiger partial charge in [-0.3, -0.25) is 0 Å². The van der Waals surface area contributed by atoms with Gasteiger partial charge in [-0.2, -0.15) is 0 Å². The van der Waals surface area contributed by atoms with Gasteiger partial charge in [0.2, 0.25) is 0 Å². The first-order chi connectivity index (χ1) is 9.15. The minimum absolute atomic E-state index is 0.400. The van der Waals surface area contributed by atoms with Crippen LogP contribution < -0.4 is 5.32 Å². The van der Waals surface area contributed by atoms with Gasteiger partial charge in [0.05, 0.1) is 10.6 Å². The molecule has 2 heterocycles. The lowest BCUT2D eigenvalue weighted by Crippen LogP contribution is -2.18. The Morgan fingerprint density at radius 1 is 1.26 bits per heavy atom. The van der Waals surface area contributed by atoms with Gasteiger partial charge in [-0.05, 0) is 45.4 Å². The summed E-state index contributed by atoms with van der Waals surface area (Å²) in [5.41, 5.74) is 1.17. The van der Waals surface area contributed by atoms with Crippen LogP contribution in [0.1, 0.15) is 48.7 Å². The highest BCUT2D eigenvalue weighted by Gasteiger charge is 2.15. The largest absolute Gasteiger partial charge is 0.309 e. The van der Waals surface area contributed by atoms with Gasteiger partial charge < -0.3 is 5.32 Å². The minimum atomic E-state index is 0.400. The molecule has 0 saturated heterocycles. The van der Waals surface area contributed by atoms with E-state index in [0.717, 1.165) is 13.0 Å². The fourth-order valence-corrected chi connectivity index (χ4v) is 4.15. The van der Waals surface area contributed by atoms with Gasteiger partial charge in [-0.1, -0.05) is 13.8 Å². The molecule has 0 spiro atoms. The van der Waals surface area contributed by atoms with Crippen LogP contribution in [0.3, 0.4) is 0 Å². The molecule has 0 bridgehead atoms. The fourth-order valence-electron chi connectivity index (χ4n) is 2.05. The molecule has 19 heavy (non-hydrogen) atoms. The van der Waals surface area contributed by atoms with Crippen molar-refractivity contribution in [3.8, 4) is 9.88 Å². The standard InChI is InChI=1S/C15H22N2S2/c1-5-9-16-10(3)14-11(4)17-15(19-14)13-8-7-12(6-2)18-13/h7-8,10,16H,5-6,9H2,1-4H3. The van der Waals surface area contributed by atoms with Crippen LogP contribution in [-0.4, -0.2) is 11.5 Å². The summed E-state index contributed by atoms with van der Waals surface area (Å²) in [6, 6.07) is 4.82. The molecule has 1 atom stereocenters. The lowest BCUT2D eigenvalue weighted by atomic mass is 10.2. The Bertz CT molecular complexity index is 528. The third kappa shape index (κ3) is 3.44. The number of rotatable bonds is 6. The van der Waals surface area contributed by atoms with Crippen LogP contribution in [0.4, 0.5) is 0 Å². The number of thiophene rings is 1. The molecular formula is C15H22N2S2. The molecule has 0 fully saturated rings. The van der Waals surface area contributed by atoms with E-state index in [-0.39, 0.29) is 0 Å². The maximum Gasteiger partial charge on any atom is 0.133 e. The number of hydrogen-bond donors (Lipinski definition) is 1. The monoisotopic (exact) mass is 294 g/mol. The Balaban J connectivity index is 2.20. The van der Waals surface area contributed by atoms with Crippen molar-refractivity contribution in [2.75, 3.05) is 6.54 Å². The number of aromatic nitrogens is 1. The van der Waals surface area contributed by atoms with Gasteiger partial charge in [-0.15, -0.1) is 22.7 Å². The van der Waals surface area contributed by atoms with E-state index >= 15 is 0 Å². The molecule has 2 rings (SSSR count). The summed E-state index contributed by atoms with van der Waals surface area (Å²) < 4.78 is 0. The van der Waals surface area contributed by atoms with E-state index in [2.05, 4.69) is 45.1 Å². The third-order valence-electron chi connectivity index (χ3n) is 3.15. The quantitative estimate of drug-likeness (QED) is 0.827. The molecular weight excluding hydrogens is 272 g/mol. The summed E-state index contributed by atoms with van der Waals surface area (Å²) in [6.45, 7) is 9.81. The Labute approximate surface area is 123 Å². The topological polar surface area (TPSA) is 24.9 Å². The molecule has 1 unspecified atom stereocenters. The van der Waals surface area contributed by atoms with E-state index in [1.165, 1.54) is 31.8 Å². The average molecular weight is 294 g/mol. The van der Waals surface area contributed by atoms with Crippen molar-refractivity contribution in [1.29, 1.82) is 0 Å². The molecule has 104 valence electrons. The first kappa shape index (κ1) is 14.7. The van der Waals surface area contributed by atoms with Gasteiger partial charge >= 0.3 is 0 Å². The second kappa shape index (κ2) is 6.64. The van der Waals surface area contributed by atoms with Crippen LogP contribution in [0.5, 0.6) is 0 Å². The molecule has 2 aromatic rings. The van der Waals surface area contributed by atoms with Crippen molar-refractivity contribution in [2.24, 2.45) is 0 Å². The second-order valence-corrected chi connectivity index (χ2v) is 6.96. The Morgan fingerprint density at radius 3 is 2.68 bits per heavy atom. The molecule has 0 aliphatic heterocycles. The van der Waals surface area contributed by atoms with Crippen LogP contribution in [0.15, 0.2) is 12.1 Å². The van der Waals surface area contributed by atoms with Gasteiger partial charge in [0.15, 0.2) is 0 Å². The van der Waals surface area contributed by atoms with Crippen LogP contribution in [-0.2, 0) is 6.42 Å². The maximum absolute atomic E-state index is 4.75. The van der Waals surface area contributed by atoms with E-state index in [4.69, 9.17) is 4.98 Å². The zero-order chi connectivity index (χ0) is 13.8. The van der Waals surface area contributed by atoms with Crippen LogP contribution in [0, 0.1) is 6.92 Å². The van der Waals surface area contributed by atoms with Crippen LogP contribution in [0.2, 0.25) is 0 Å². The first-order valence-corrected chi connectivity index (χ1v) is 8.58. The zero-order valence-corrected chi connectivity index (χ0v) is 13.8. The van der Waals surface area contributed by atoms with Gasteiger partial charge in [0, 0.05) is 15.8 Å². The number of thiazole rings is 1. The van der Waals surface area contributed by atoms with Gasteiger partial charge in [0.25, 0.3) is 0 Å². The summed E-state index contributed by atoms with van der Waals surface area (Å²) in [7, 11) is 0. The van der Waals surface area contributed by atoms with E-state index in [9.17, 15) is 0 Å². The first-order valence-electron chi connectivity index (χ1n) is 6.95. The van der Waals surface area contributed by atoms with E-state index in [1.54, 1.807) is 0 Å². The van der Waals surface area contributed by atoms with E-state index in [0.29, 0.717) is 6.04 Å². The highest BCUT2D eigenvalue weighted by molar-refractivity contribution is 7.21. The number of aryl methyl sites for hydroxylation is 2. The van der Waals surface area contributed by atoms with Crippen molar-refractivity contribution >= 4 is 22.7 Å². The molecule has 0 aliphatic carbocycles. The smallest absolute Gasteiger partial charge is 0.133 e. The Kier molecular flexibility index (Phi) is 5.13.